The van der Waals surface area contributed by atoms with Crippen LogP contribution < -0.4 is 5.32 Å². The molecule has 0 saturated carbocycles. The Kier molecular flexibility index (Phi) is 5.07. The summed E-state index contributed by atoms with van der Waals surface area (Å²) >= 11 is 1.79. The number of hydrogen-bond acceptors (Lipinski definition) is 4. The summed E-state index contributed by atoms with van der Waals surface area (Å²) < 4.78 is -0.0288. The third kappa shape index (κ3) is 4.70. The first-order valence-electron chi connectivity index (χ1n) is 6.50. The zero-order valence-corrected chi connectivity index (χ0v) is 13.2. The third-order valence-electron chi connectivity index (χ3n) is 3.14. The maximum atomic E-state index is 12.0. The molecule has 3 amide bonds. The average Bonchev–Trinajstić information content (AvgIpc) is 2.26. The predicted molar refractivity (Wildman–Crippen MR) is 77.7 cm³/mol. The molecular weight excluding hydrogens is 280 g/mol. The lowest BCUT2D eigenvalue weighted by Gasteiger charge is -2.37. The molecule has 0 radical (unpaired) electrons. The molecule has 1 saturated heterocycles. The van der Waals surface area contributed by atoms with E-state index in [1.54, 1.807) is 16.7 Å². The van der Waals surface area contributed by atoms with Crippen molar-refractivity contribution in [3.05, 3.63) is 0 Å². The van der Waals surface area contributed by atoms with Crippen LogP contribution in [0.2, 0.25) is 0 Å². The number of carboxylic acids is 1. The van der Waals surface area contributed by atoms with Gasteiger partial charge in [0.1, 0.15) is 0 Å². The fourth-order valence-corrected chi connectivity index (χ4v) is 3.02. The molecule has 7 heteroatoms. The van der Waals surface area contributed by atoms with Crippen LogP contribution in [0.15, 0.2) is 0 Å². The van der Waals surface area contributed by atoms with Gasteiger partial charge in [0.2, 0.25) is 5.91 Å². The van der Waals surface area contributed by atoms with E-state index in [0.29, 0.717) is 13.1 Å². The van der Waals surface area contributed by atoms with E-state index in [2.05, 4.69) is 5.32 Å². The van der Waals surface area contributed by atoms with Crippen LogP contribution in [0.5, 0.6) is 0 Å². The minimum Gasteiger partial charge on any atom is -0.481 e. The van der Waals surface area contributed by atoms with E-state index in [0.717, 1.165) is 5.75 Å². The van der Waals surface area contributed by atoms with Crippen LogP contribution in [-0.2, 0) is 9.59 Å². The van der Waals surface area contributed by atoms with E-state index in [-0.39, 0.29) is 11.2 Å². The molecule has 0 spiro atoms. The topological polar surface area (TPSA) is 86.7 Å². The molecule has 114 valence electrons. The normalized spacial score (nSPS) is 18.5. The van der Waals surface area contributed by atoms with Gasteiger partial charge < -0.3 is 10.0 Å². The van der Waals surface area contributed by atoms with Crippen molar-refractivity contribution in [2.45, 2.75) is 38.9 Å². The lowest BCUT2D eigenvalue weighted by Crippen LogP contribution is -2.51. The van der Waals surface area contributed by atoms with Crippen molar-refractivity contribution in [2.24, 2.45) is 5.41 Å². The monoisotopic (exact) mass is 302 g/mol. The van der Waals surface area contributed by atoms with Crippen molar-refractivity contribution < 1.29 is 19.5 Å². The van der Waals surface area contributed by atoms with Crippen LogP contribution in [-0.4, -0.2) is 51.5 Å². The van der Waals surface area contributed by atoms with Gasteiger partial charge in [-0.1, -0.05) is 0 Å². The highest BCUT2D eigenvalue weighted by atomic mass is 32.2. The molecule has 6 nitrogen and oxygen atoms in total. The molecule has 1 aliphatic heterocycles. The van der Waals surface area contributed by atoms with Gasteiger partial charge in [-0.3, -0.25) is 14.9 Å². The van der Waals surface area contributed by atoms with E-state index in [4.69, 9.17) is 5.11 Å². The predicted octanol–water partition coefficient (Wildman–Crippen LogP) is 1.55. The summed E-state index contributed by atoms with van der Waals surface area (Å²) in [6.45, 7) is 8.17. The van der Waals surface area contributed by atoms with Crippen LogP contribution >= 0.6 is 11.8 Å². The maximum Gasteiger partial charge on any atom is 0.324 e. The van der Waals surface area contributed by atoms with E-state index in [1.807, 2.05) is 13.8 Å². The number of carbonyl (C=O) groups excluding carboxylic acids is 2. The molecule has 1 fully saturated rings. The van der Waals surface area contributed by atoms with Gasteiger partial charge in [-0.25, -0.2) is 4.79 Å². The van der Waals surface area contributed by atoms with Gasteiger partial charge in [0.25, 0.3) is 0 Å². The smallest absolute Gasteiger partial charge is 0.324 e. The van der Waals surface area contributed by atoms with E-state index >= 15 is 0 Å². The molecule has 0 aliphatic carbocycles. The molecule has 0 aromatic rings. The van der Waals surface area contributed by atoms with Gasteiger partial charge in [-0.05, 0) is 27.7 Å². The van der Waals surface area contributed by atoms with Crippen molar-refractivity contribution in [2.75, 3.05) is 18.8 Å². The third-order valence-corrected chi connectivity index (χ3v) is 4.44. The number of urea groups is 1. The van der Waals surface area contributed by atoms with Gasteiger partial charge in [0.15, 0.2) is 0 Å². The van der Waals surface area contributed by atoms with Crippen LogP contribution in [0.1, 0.15) is 34.1 Å². The quantitative estimate of drug-likeness (QED) is 0.826. The number of carboxylic acid groups (broad SMARTS) is 1. The molecule has 1 rings (SSSR count). The first-order valence-corrected chi connectivity index (χ1v) is 7.48. The number of imide groups is 1. The molecule has 20 heavy (non-hydrogen) atoms. The zero-order chi connectivity index (χ0) is 15.6. The van der Waals surface area contributed by atoms with Crippen LogP contribution in [0.4, 0.5) is 4.79 Å². The Morgan fingerprint density at radius 3 is 2.45 bits per heavy atom. The highest BCUT2D eigenvalue weighted by molar-refractivity contribution is 8.00. The Morgan fingerprint density at radius 2 is 1.95 bits per heavy atom. The van der Waals surface area contributed by atoms with Crippen molar-refractivity contribution in [1.82, 2.24) is 10.2 Å². The second kappa shape index (κ2) is 6.03. The van der Waals surface area contributed by atoms with Gasteiger partial charge in [-0.15, -0.1) is 0 Å². The second-order valence-corrected chi connectivity index (χ2v) is 8.05. The average molecular weight is 302 g/mol. The van der Waals surface area contributed by atoms with E-state index in [9.17, 15) is 14.4 Å². The molecule has 0 aromatic carbocycles. The number of carbonyl (C=O) groups is 3. The number of nitrogens with zero attached hydrogens (tertiary/aromatic N) is 1. The molecule has 1 heterocycles. The Bertz CT molecular complexity index is 421. The fraction of sp³-hybridized carbons (Fsp3) is 0.769. The molecule has 0 atom stereocenters. The summed E-state index contributed by atoms with van der Waals surface area (Å²) in [4.78, 5) is 36.3. The number of hydrogen-bond donors (Lipinski definition) is 2. The summed E-state index contributed by atoms with van der Waals surface area (Å²) in [5.41, 5.74) is -1.18. The number of rotatable bonds is 3. The van der Waals surface area contributed by atoms with E-state index < -0.39 is 23.3 Å². The minimum atomic E-state index is -1.18. The van der Waals surface area contributed by atoms with Crippen molar-refractivity contribution in [3.8, 4) is 0 Å². The Morgan fingerprint density at radius 1 is 1.35 bits per heavy atom. The highest BCUT2D eigenvalue weighted by Crippen LogP contribution is 2.29. The molecule has 1 aliphatic rings. The van der Waals surface area contributed by atoms with Crippen LogP contribution in [0.3, 0.4) is 0 Å². The van der Waals surface area contributed by atoms with Gasteiger partial charge in [0.05, 0.1) is 5.41 Å². The maximum absolute atomic E-state index is 12.0. The standard InChI is InChI=1S/C13H22N2O4S/c1-12(2,10(17)18)7-9(16)14-11(19)15-5-6-20-13(3,4)8-15/h5-8H2,1-4H3,(H,17,18)(H,14,16,19). The largest absolute Gasteiger partial charge is 0.481 e. The summed E-state index contributed by atoms with van der Waals surface area (Å²) in [6, 6.07) is -0.440. The Labute approximate surface area is 123 Å². The first kappa shape index (κ1) is 16.8. The summed E-state index contributed by atoms with van der Waals surface area (Å²) in [7, 11) is 0. The molecule has 2 N–H and O–H groups in total. The lowest BCUT2D eigenvalue weighted by atomic mass is 9.89. The number of aliphatic carboxylic acids is 1. The Balaban J connectivity index is 2.54. The van der Waals surface area contributed by atoms with Crippen LogP contribution in [0, 0.1) is 5.41 Å². The summed E-state index contributed by atoms with van der Waals surface area (Å²) in [5, 5.41) is 11.2. The lowest BCUT2D eigenvalue weighted by molar-refractivity contribution is -0.149. The van der Waals surface area contributed by atoms with E-state index in [1.165, 1.54) is 13.8 Å². The van der Waals surface area contributed by atoms with Crippen molar-refractivity contribution in [1.29, 1.82) is 0 Å². The molecule has 0 unspecified atom stereocenters. The zero-order valence-electron chi connectivity index (χ0n) is 12.4. The first-order chi connectivity index (χ1) is 9.03. The minimum absolute atomic E-state index is 0.0288. The van der Waals surface area contributed by atoms with Gasteiger partial charge in [0, 0.05) is 30.0 Å². The number of thioether (sulfide) groups is 1. The van der Waals surface area contributed by atoms with Crippen molar-refractivity contribution in [3.63, 3.8) is 0 Å². The summed E-state index contributed by atoms with van der Waals surface area (Å²) in [5.74, 6) is -0.788. The highest BCUT2D eigenvalue weighted by Gasteiger charge is 2.33. The SMILES string of the molecule is CC1(C)CN(C(=O)NC(=O)CC(C)(C)C(=O)O)CCS1. The van der Waals surface area contributed by atoms with Crippen molar-refractivity contribution >= 4 is 29.7 Å². The fourth-order valence-electron chi connectivity index (χ4n) is 1.91. The Hall–Kier alpha value is -1.24. The number of nitrogens with one attached hydrogen (secondary N) is 1. The second-order valence-electron chi connectivity index (χ2n) is 6.25. The number of amides is 3. The van der Waals surface area contributed by atoms with Gasteiger partial charge in [-0.2, -0.15) is 11.8 Å². The molecular formula is C13H22N2O4S. The molecule has 0 aromatic heterocycles. The van der Waals surface area contributed by atoms with Crippen LogP contribution in [0.25, 0.3) is 0 Å². The molecule has 0 bridgehead atoms. The van der Waals surface area contributed by atoms with Gasteiger partial charge >= 0.3 is 12.0 Å². The summed E-state index contributed by atoms with van der Waals surface area (Å²) in [6.07, 6.45) is -0.222.